The molecule has 0 nitrogen and oxygen atoms in total. The molecule has 0 N–H and O–H groups in total. The fourth-order valence-electron chi connectivity index (χ4n) is 3.96. The average molecular weight is 308 g/mol. The standard InChI is InChI=1S/C17H25Se/c1-13-9-10-15-11-16(13)18(17(15,2)3)12-14-7-5-4-6-8-14/h4-8,13,15-16H,9-12H2,1-3H3/q+1/t13?,15-,16-,18?/m1/s1. The normalized spacial score (nSPS) is 37.7. The van der Waals surface area contributed by atoms with Crippen LogP contribution in [-0.2, 0) is 5.32 Å². The van der Waals surface area contributed by atoms with Gasteiger partial charge in [0.15, 0.2) is 0 Å². The van der Waals surface area contributed by atoms with Crippen LogP contribution in [-0.4, -0.2) is 13.9 Å². The molecule has 1 aromatic rings. The summed E-state index contributed by atoms with van der Waals surface area (Å²) in [6.45, 7) is 7.69. The second-order valence-corrected chi connectivity index (χ2v) is 12.6. The first kappa shape index (κ1) is 12.8. The first-order valence-corrected chi connectivity index (χ1v) is 10.4. The van der Waals surface area contributed by atoms with Crippen molar-refractivity contribution in [3.63, 3.8) is 0 Å². The first-order valence-electron chi connectivity index (χ1n) is 7.33. The molecule has 0 amide bonds. The fourth-order valence-corrected chi connectivity index (χ4v) is 11.8. The van der Waals surface area contributed by atoms with E-state index in [4.69, 9.17) is 0 Å². The Labute approximate surface area is 116 Å². The maximum absolute atomic E-state index is 2.59. The van der Waals surface area contributed by atoms with E-state index in [1.165, 1.54) is 18.2 Å². The number of hydrogen-bond acceptors (Lipinski definition) is 0. The number of fused-ring (bicyclic) bond motifs is 2. The van der Waals surface area contributed by atoms with Crippen LogP contribution in [0.15, 0.2) is 30.3 Å². The molecule has 1 heterocycles. The molecule has 0 aromatic heterocycles. The van der Waals surface area contributed by atoms with Gasteiger partial charge in [-0.3, -0.25) is 0 Å². The van der Waals surface area contributed by atoms with E-state index >= 15 is 0 Å². The van der Waals surface area contributed by atoms with Gasteiger partial charge in [-0.25, -0.2) is 0 Å². The molecule has 2 fully saturated rings. The molecule has 1 aliphatic carbocycles. The van der Waals surface area contributed by atoms with Crippen LogP contribution in [0.1, 0.15) is 45.6 Å². The summed E-state index contributed by atoms with van der Waals surface area (Å²) in [5.41, 5.74) is 1.59. The molecule has 18 heavy (non-hydrogen) atoms. The summed E-state index contributed by atoms with van der Waals surface area (Å²) < 4.78 is 0.672. The topological polar surface area (TPSA) is 0 Å². The molecule has 0 spiro atoms. The van der Waals surface area contributed by atoms with Crippen molar-refractivity contribution in [2.45, 2.75) is 54.5 Å². The first-order chi connectivity index (χ1) is 8.59. The molecule has 2 unspecified atom stereocenters. The van der Waals surface area contributed by atoms with Crippen molar-refractivity contribution in [3.05, 3.63) is 35.9 Å². The van der Waals surface area contributed by atoms with Crippen molar-refractivity contribution in [3.8, 4) is 0 Å². The number of rotatable bonds is 2. The Morgan fingerprint density at radius 2 is 1.89 bits per heavy atom. The zero-order valence-electron chi connectivity index (χ0n) is 11.9. The van der Waals surface area contributed by atoms with Gasteiger partial charge in [0.25, 0.3) is 0 Å². The third kappa shape index (κ3) is 2.06. The Balaban J connectivity index is 1.85. The van der Waals surface area contributed by atoms with Crippen molar-refractivity contribution >= 4 is 13.9 Å². The molecule has 1 aromatic carbocycles. The molecule has 1 heteroatoms. The van der Waals surface area contributed by atoms with E-state index in [0.717, 1.165) is 16.7 Å². The Morgan fingerprint density at radius 1 is 1.17 bits per heavy atom. The fraction of sp³-hybridized carbons (Fsp3) is 0.647. The number of benzene rings is 1. The van der Waals surface area contributed by atoms with Gasteiger partial charge in [0.2, 0.25) is 0 Å². The van der Waals surface area contributed by atoms with Crippen LogP contribution in [0.5, 0.6) is 0 Å². The molecule has 3 rings (SSSR count). The van der Waals surface area contributed by atoms with Crippen LogP contribution in [0.2, 0.25) is 9.13 Å². The van der Waals surface area contributed by atoms with Gasteiger partial charge in [0, 0.05) is 0 Å². The summed E-state index contributed by atoms with van der Waals surface area (Å²) in [6, 6.07) is 11.2. The average Bonchev–Trinajstić information content (AvgIpc) is 2.57. The molecule has 1 saturated heterocycles. The van der Waals surface area contributed by atoms with Crippen LogP contribution in [0.25, 0.3) is 0 Å². The Kier molecular flexibility index (Phi) is 3.32. The molecule has 1 aliphatic heterocycles. The van der Waals surface area contributed by atoms with Gasteiger partial charge in [0.1, 0.15) is 0 Å². The molecule has 1 saturated carbocycles. The van der Waals surface area contributed by atoms with Gasteiger partial charge in [-0.05, 0) is 0 Å². The Bertz CT molecular complexity index is 409. The van der Waals surface area contributed by atoms with Crippen molar-refractivity contribution in [1.82, 2.24) is 0 Å². The van der Waals surface area contributed by atoms with Crippen LogP contribution in [0.3, 0.4) is 0 Å². The van der Waals surface area contributed by atoms with Crippen LogP contribution >= 0.6 is 0 Å². The molecule has 2 bridgehead atoms. The van der Waals surface area contributed by atoms with E-state index in [0.29, 0.717) is 4.31 Å². The summed E-state index contributed by atoms with van der Waals surface area (Å²) in [5, 5.41) is 1.42. The Morgan fingerprint density at radius 3 is 2.61 bits per heavy atom. The monoisotopic (exact) mass is 309 g/mol. The van der Waals surface area contributed by atoms with Gasteiger partial charge in [-0.2, -0.15) is 0 Å². The van der Waals surface area contributed by atoms with E-state index in [1.54, 1.807) is 12.0 Å². The summed E-state index contributed by atoms with van der Waals surface area (Å²) >= 11 is -0.527. The summed E-state index contributed by atoms with van der Waals surface area (Å²) in [4.78, 5) is 1.10. The SMILES string of the molecule is CC1CC[C@@H]2C[C@H]1[Se+](Cc1ccccc1)C2(C)C. The summed E-state index contributed by atoms with van der Waals surface area (Å²) in [7, 11) is 0. The van der Waals surface area contributed by atoms with Crippen LogP contribution < -0.4 is 0 Å². The minimum absolute atomic E-state index is 0.527. The van der Waals surface area contributed by atoms with E-state index < -0.39 is 13.9 Å². The van der Waals surface area contributed by atoms with Crippen molar-refractivity contribution < 1.29 is 0 Å². The zero-order chi connectivity index (χ0) is 12.8. The maximum atomic E-state index is 2.59. The predicted molar refractivity (Wildman–Crippen MR) is 80.2 cm³/mol. The molecule has 98 valence electrons. The van der Waals surface area contributed by atoms with Gasteiger partial charge < -0.3 is 0 Å². The van der Waals surface area contributed by atoms with Crippen molar-refractivity contribution in [2.24, 2.45) is 11.8 Å². The van der Waals surface area contributed by atoms with Gasteiger partial charge in [-0.1, -0.05) is 0 Å². The third-order valence-electron chi connectivity index (χ3n) is 5.31. The van der Waals surface area contributed by atoms with Crippen molar-refractivity contribution in [2.75, 3.05) is 0 Å². The van der Waals surface area contributed by atoms with E-state index in [1.807, 2.05) is 0 Å². The summed E-state index contributed by atoms with van der Waals surface area (Å²) in [6.07, 6.45) is 4.54. The molecule has 2 aliphatic rings. The Hall–Kier alpha value is -0.261. The van der Waals surface area contributed by atoms with E-state index in [-0.39, 0.29) is 0 Å². The van der Waals surface area contributed by atoms with E-state index in [2.05, 4.69) is 51.1 Å². The van der Waals surface area contributed by atoms with Crippen molar-refractivity contribution in [1.29, 1.82) is 0 Å². The molecule has 0 radical (unpaired) electrons. The summed E-state index contributed by atoms with van der Waals surface area (Å²) in [5.74, 6) is 2.03. The molecular formula is C17H25Se+. The van der Waals surface area contributed by atoms with E-state index in [9.17, 15) is 0 Å². The van der Waals surface area contributed by atoms with Gasteiger partial charge >= 0.3 is 116 Å². The second kappa shape index (κ2) is 4.69. The number of hydrogen-bond donors (Lipinski definition) is 0. The van der Waals surface area contributed by atoms with Gasteiger partial charge in [0.05, 0.1) is 0 Å². The van der Waals surface area contributed by atoms with Gasteiger partial charge in [-0.15, -0.1) is 0 Å². The second-order valence-electron chi connectivity index (χ2n) is 6.69. The zero-order valence-corrected chi connectivity index (χ0v) is 13.6. The van der Waals surface area contributed by atoms with Crippen LogP contribution in [0, 0.1) is 11.8 Å². The van der Waals surface area contributed by atoms with Crippen LogP contribution in [0.4, 0.5) is 0 Å². The quantitative estimate of drug-likeness (QED) is 0.684. The molecular weight excluding hydrogens is 283 g/mol. The third-order valence-corrected chi connectivity index (χ3v) is 13.1. The predicted octanol–water partition coefficient (Wildman–Crippen LogP) is 4.86. The molecule has 4 atom stereocenters. The minimum atomic E-state index is -0.527.